The molecule has 0 aromatic carbocycles. The van der Waals surface area contributed by atoms with Crippen LogP contribution in [0.4, 0.5) is 0 Å². The fourth-order valence-corrected chi connectivity index (χ4v) is 1.38. The summed E-state index contributed by atoms with van der Waals surface area (Å²) in [6.45, 7) is 2.43. The van der Waals surface area contributed by atoms with Crippen LogP contribution < -0.4 is 0 Å². The summed E-state index contributed by atoms with van der Waals surface area (Å²) in [5.74, 6) is 0. The van der Waals surface area contributed by atoms with Gasteiger partial charge in [0.2, 0.25) is 0 Å². The predicted octanol–water partition coefficient (Wildman–Crippen LogP) is 3.66. The fraction of sp³-hybridized carbons (Fsp3) is 0.800. The summed E-state index contributed by atoms with van der Waals surface area (Å²) in [5.41, 5.74) is 0. The maximum absolute atomic E-state index is 8.70. The number of rotatable bonds is 7. The van der Waals surface area contributed by atoms with E-state index in [-0.39, 0.29) is 6.61 Å². The van der Waals surface area contributed by atoms with Crippen molar-refractivity contribution in [2.24, 2.45) is 0 Å². The Bertz CT molecular complexity index is 121. The molecule has 0 aromatic rings. The monoisotopic (exact) mass is 282 g/mol. The van der Waals surface area contributed by atoms with Crippen molar-refractivity contribution in [2.75, 3.05) is 6.61 Å². The lowest BCUT2D eigenvalue weighted by Gasteiger charge is -1.97. The molecule has 72 valence electrons. The smallest absolute Gasteiger partial charge is 0.0735 e. The molecule has 0 radical (unpaired) electrons. The van der Waals surface area contributed by atoms with E-state index in [1.807, 2.05) is 0 Å². The van der Waals surface area contributed by atoms with Crippen molar-refractivity contribution in [1.82, 2.24) is 0 Å². The van der Waals surface area contributed by atoms with Crippen LogP contribution in [0.1, 0.15) is 45.4 Å². The molecule has 0 rings (SSSR count). The molecule has 0 saturated carbocycles. The van der Waals surface area contributed by atoms with E-state index in [1.54, 1.807) is 0 Å². The normalized spacial score (nSPS) is 12.1. The average Bonchev–Trinajstić information content (AvgIpc) is 2.10. The first-order valence-corrected chi connectivity index (χ1v) is 5.84. The lowest BCUT2D eigenvalue weighted by atomic mass is 10.1. The van der Waals surface area contributed by atoms with Gasteiger partial charge in [0, 0.05) is 3.58 Å². The van der Waals surface area contributed by atoms with Gasteiger partial charge in [-0.25, -0.2) is 0 Å². The molecule has 0 saturated heterocycles. The second-order valence-electron chi connectivity index (χ2n) is 3.01. The highest BCUT2D eigenvalue weighted by molar-refractivity contribution is 14.1. The molecule has 0 spiro atoms. The van der Waals surface area contributed by atoms with Gasteiger partial charge in [-0.2, -0.15) is 0 Å². The molecule has 0 aliphatic carbocycles. The van der Waals surface area contributed by atoms with E-state index in [9.17, 15) is 0 Å². The molecule has 0 fully saturated rings. The van der Waals surface area contributed by atoms with E-state index in [1.165, 1.54) is 32.1 Å². The number of halogens is 1. The second kappa shape index (κ2) is 9.52. The van der Waals surface area contributed by atoms with E-state index in [4.69, 9.17) is 5.11 Å². The zero-order valence-electron chi connectivity index (χ0n) is 7.85. The number of aliphatic hydroxyl groups is 1. The maximum atomic E-state index is 8.70. The van der Waals surface area contributed by atoms with Crippen molar-refractivity contribution >= 4 is 22.6 Å². The topological polar surface area (TPSA) is 20.2 Å². The van der Waals surface area contributed by atoms with E-state index in [0.717, 1.165) is 10.0 Å². The van der Waals surface area contributed by atoms with Crippen LogP contribution in [0.3, 0.4) is 0 Å². The van der Waals surface area contributed by atoms with Gasteiger partial charge in [0.25, 0.3) is 0 Å². The Labute approximate surface area is 89.4 Å². The van der Waals surface area contributed by atoms with Crippen molar-refractivity contribution in [3.63, 3.8) is 0 Å². The van der Waals surface area contributed by atoms with Gasteiger partial charge in [-0.1, -0.05) is 38.7 Å². The first-order chi connectivity index (χ1) is 5.81. The molecular formula is C10H19IO. The number of aliphatic hydroxyl groups excluding tert-OH is 1. The van der Waals surface area contributed by atoms with Gasteiger partial charge in [0.1, 0.15) is 0 Å². The van der Waals surface area contributed by atoms with E-state index < -0.39 is 0 Å². The Morgan fingerprint density at radius 3 is 2.50 bits per heavy atom. The molecule has 0 aliphatic heterocycles. The Hall–Kier alpha value is 0.430. The van der Waals surface area contributed by atoms with Gasteiger partial charge in [-0.3, -0.25) is 0 Å². The maximum Gasteiger partial charge on any atom is 0.0735 e. The largest absolute Gasteiger partial charge is 0.391 e. The Kier molecular flexibility index (Phi) is 9.86. The standard InChI is InChI=1S/C10H19IO/c1-2-3-4-5-6-7-8-10(11)9-12/h8,12H,2-7,9H2,1H3/b10-8+. The molecule has 0 aliphatic rings. The number of hydrogen-bond donors (Lipinski definition) is 1. The molecule has 0 heterocycles. The van der Waals surface area contributed by atoms with Crippen molar-refractivity contribution < 1.29 is 5.11 Å². The van der Waals surface area contributed by atoms with Gasteiger partial charge in [0.15, 0.2) is 0 Å². The van der Waals surface area contributed by atoms with Crippen molar-refractivity contribution in [1.29, 1.82) is 0 Å². The van der Waals surface area contributed by atoms with Crippen LogP contribution in [-0.2, 0) is 0 Å². The molecule has 0 aromatic heterocycles. The average molecular weight is 282 g/mol. The molecule has 0 bridgehead atoms. The minimum absolute atomic E-state index is 0.204. The Morgan fingerprint density at radius 1 is 1.25 bits per heavy atom. The Morgan fingerprint density at radius 2 is 1.92 bits per heavy atom. The van der Waals surface area contributed by atoms with Crippen LogP contribution in [0, 0.1) is 0 Å². The third-order valence-corrected chi connectivity index (χ3v) is 2.61. The summed E-state index contributed by atoms with van der Waals surface area (Å²) in [6, 6.07) is 0. The number of allylic oxidation sites excluding steroid dienone is 1. The van der Waals surface area contributed by atoms with Crippen LogP contribution in [0.15, 0.2) is 9.66 Å². The first kappa shape index (κ1) is 12.4. The van der Waals surface area contributed by atoms with Crippen LogP contribution in [0.5, 0.6) is 0 Å². The predicted molar refractivity (Wildman–Crippen MR) is 62.6 cm³/mol. The highest BCUT2D eigenvalue weighted by Gasteiger charge is 1.89. The van der Waals surface area contributed by atoms with Gasteiger partial charge in [-0.05, 0) is 35.4 Å². The third kappa shape index (κ3) is 8.53. The summed E-state index contributed by atoms with van der Waals surface area (Å²) in [7, 11) is 0. The van der Waals surface area contributed by atoms with Crippen LogP contribution in [-0.4, -0.2) is 11.7 Å². The second-order valence-corrected chi connectivity index (χ2v) is 4.40. The van der Waals surface area contributed by atoms with E-state index >= 15 is 0 Å². The molecule has 2 heteroatoms. The summed E-state index contributed by atoms with van der Waals surface area (Å²) in [6.07, 6.45) is 9.89. The minimum Gasteiger partial charge on any atom is -0.391 e. The molecule has 0 unspecified atom stereocenters. The molecule has 1 N–H and O–H groups in total. The van der Waals surface area contributed by atoms with Crippen LogP contribution >= 0.6 is 22.6 Å². The van der Waals surface area contributed by atoms with E-state index in [2.05, 4.69) is 35.6 Å². The molecule has 0 amide bonds. The molecule has 12 heavy (non-hydrogen) atoms. The summed E-state index contributed by atoms with van der Waals surface area (Å²) in [5, 5.41) is 8.70. The van der Waals surface area contributed by atoms with Gasteiger partial charge in [0.05, 0.1) is 6.61 Å². The zero-order valence-corrected chi connectivity index (χ0v) is 10.0. The summed E-state index contributed by atoms with van der Waals surface area (Å²) < 4.78 is 1.07. The summed E-state index contributed by atoms with van der Waals surface area (Å²) in [4.78, 5) is 0. The van der Waals surface area contributed by atoms with Gasteiger partial charge < -0.3 is 5.11 Å². The lowest BCUT2D eigenvalue weighted by Crippen LogP contribution is -1.81. The number of hydrogen-bond acceptors (Lipinski definition) is 1. The fourth-order valence-electron chi connectivity index (χ4n) is 1.07. The van der Waals surface area contributed by atoms with Crippen LogP contribution in [0.2, 0.25) is 0 Å². The van der Waals surface area contributed by atoms with Crippen molar-refractivity contribution in [2.45, 2.75) is 45.4 Å². The van der Waals surface area contributed by atoms with Crippen molar-refractivity contribution in [3.05, 3.63) is 9.66 Å². The summed E-state index contributed by atoms with van der Waals surface area (Å²) >= 11 is 2.19. The van der Waals surface area contributed by atoms with Gasteiger partial charge in [-0.15, -0.1) is 0 Å². The zero-order chi connectivity index (χ0) is 9.23. The molecular weight excluding hydrogens is 263 g/mol. The Balaban J connectivity index is 3.10. The highest BCUT2D eigenvalue weighted by Crippen LogP contribution is 2.10. The quantitative estimate of drug-likeness (QED) is 0.558. The molecule has 0 atom stereocenters. The van der Waals surface area contributed by atoms with E-state index in [0.29, 0.717) is 0 Å². The third-order valence-electron chi connectivity index (χ3n) is 1.82. The minimum atomic E-state index is 0.204. The first-order valence-electron chi connectivity index (χ1n) is 4.76. The lowest BCUT2D eigenvalue weighted by molar-refractivity contribution is 0.340. The SMILES string of the molecule is CCCCCCC/C=C(/I)CO. The van der Waals surface area contributed by atoms with Crippen molar-refractivity contribution in [3.8, 4) is 0 Å². The highest BCUT2D eigenvalue weighted by atomic mass is 127. The van der Waals surface area contributed by atoms with Crippen LogP contribution in [0.25, 0.3) is 0 Å². The number of unbranched alkanes of at least 4 members (excludes halogenated alkanes) is 5. The molecule has 1 nitrogen and oxygen atoms in total. The van der Waals surface area contributed by atoms with Gasteiger partial charge >= 0.3 is 0 Å².